The van der Waals surface area contributed by atoms with Gasteiger partial charge in [-0.25, -0.2) is 0 Å². The summed E-state index contributed by atoms with van der Waals surface area (Å²) in [5.74, 6) is 0. The topological polar surface area (TPSA) is 3.24 Å². The molecule has 11 aromatic carbocycles. The summed E-state index contributed by atoms with van der Waals surface area (Å²) < 4.78 is 0. The molecule has 1 heteroatoms. The zero-order valence-corrected chi connectivity index (χ0v) is 35.5. The van der Waals surface area contributed by atoms with Crippen LogP contribution in [0, 0.1) is 0 Å². The molecular weight excluding hydrogens is 783 g/mol. The fourth-order valence-electron chi connectivity index (χ4n) is 13.0. The standard InChI is InChI=1S/C64H39N/c1-2-19-43(20-3-1)65(44-31-33-51-53-36-41-17-4-5-18-42(41)37-59(53)64(60(51)38-44)56-28-14-10-24-49(56)50-25-11-15-29-57(50)64)45-32-34-52-61(39-45)63(58-35-30-40-16-6-7-21-46(40)62(52)58)54-26-12-8-22-47(54)48-23-9-13-27-55(48)63/h1-39H. The van der Waals surface area contributed by atoms with Crippen LogP contribution >= 0.6 is 0 Å². The lowest BCUT2D eigenvalue weighted by atomic mass is 9.70. The third-order valence-electron chi connectivity index (χ3n) is 15.4. The molecule has 0 bridgehead atoms. The van der Waals surface area contributed by atoms with Gasteiger partial charge in [0.25, 0.3) is 0 Å². The first-order chi connectivity index (χ1) is 32.2. The van der Waals surface area contributed by atoms with Crippen molar-refractivity contribution in [2.24, 2.45) is 0 Å². The van der Waals surface area contributed by atoms with E-state index in [1.165, 1.54) is 111 Å². The van der Waals surface area contributed by atoms with E-state index in [0.717, 1.165) is 17.1 Å². The summed E-state index contributed by atoms with van der Waals surface area (Å²) in [7, 11) is 0. The van der Waals surface area contributed by atoms with E-state index in [1.807, 2.05) is 0 Å². The second-order valence-corrected chi connectivity index (χ2v) is 18.3. The summed E-state index contributed by atoms with van der Waals surface area (Å²) >= 11 is 0. The predicted octanol–water partition coefficient (Wildman–Crippen LogP) is 16.1. The van der Waals surface area contributed by atoms with Crippen molar-refractivity contribution >= 4 is 38.6 Å². The lowest BCUT2D eigenvalue weighted by Crippen LogP contribution is -2.26. The molecule has 0 N–H and O–H groups in total. The average molecular weight is 822 g/mol. The van der Waals surface area contributed by atoms with Crippen molar-refractivity contribution in [3.63, 3.8) is 0 Å². The maximum absolute atomic E-state index is 2.53. The summed E-state index contributed by atoms with van der Waals surface area (Å²) in [5.41, 5.74) is 23.7. The van der Waals surface area contributed by atoms with Crippen LogP contribution in [0.25, 0.3) is 66.1 Å². The van der Waals surface area contributed by atoms with Crippen LogP contribution in [-0.4, -0.2) is 0 Å². The van der Waals surface area contributed by atoms with E-state index in [0.29, 0.717) is 0 Å². The van der Waals surface area contributed by atoms with Crippen molar-refractivity contribution in [2.75, 3.05) is 4.90 Å². The third kappa shape index (κ3) is 4.33. The Balaban J connectivity index is 1.02. The Morgan fingerprint density at radius 2 is 0.662 bits per heavy atom. The predicted molar refractivity (Wildman–Crippen MR) is 269 cm³/mol. The van der Waals surface area contributed by atoms with Crippen LogP contribution in [0.15, 0.2) is 237 Å². The van der Waals surface area contributed by atoms with Gasteiger partial charge in [0.1, 0.15) is 0 Å². The molecule has 0 fully saturated rings. The molecule has 15 rings (SSSR count). The summed E-state index contributed by atoms with van der Waals surface area (Å²) in [4.78, 5) is 2.50. The number of benzene rings is 11. The molecule has 0 saturated heterocycles. The summed E-state index contributed by atoms with van der Waals surface area (Å²) in [6, 6.07) is 89.5. The molecule has 4 aliphatic carbocycles. The number of rotatable bonds is 3. The molecule has 2 spiro atoms. The van der Waals surface area contributed by atoms with Gasteiger partial charge in [0.05, 0.1) is 10.8 Å². The van der Waals surface area contributed by atoms with Gasteiger partial charge < -0.3 is 4.90 Å². The molecule has 0 atom stereocenters. The van der Waals surface area contributed by atoms with E-state index in [2.05, 4.69) is 241 Å². The number of nitrogens with zero attached hydrogens (tertiary/aromatic N) is 1. The van der Waals surface area contributed by atoms with Crippen LogP contribution in [0.1, 0.15) is 44.5 Å². The van der Waals surface area contributed by atoms with Gasteiger partial charge in [-0.3, -0.25) is 0 Å². The largest absolute Gasteiger partial charge is 0.310 e. The minimum Gasteiger partial charge on any atom is -0.310 e. The normalized spacial score (nSPS) is 14.4. The Bertz CT molecular complexity index is 3760. The van der Waals surface area contributed by atoms with Gasteiger partial charge in [0, 0.05) is 17.1 Å². The highest BCUT2D eigenvalue weighted by molar-refractivity contribution is 6.07. The van der Waals surface area contributed by atoms with Gasteiger partial charge in [0.2, 0.25) is 0 Å². The second-order valence-electron chi connectivity index (χ2n) is 18.3. The Hall–Kier alpha value is -8.26. The summed E-state index contributed by atoms with van der Waals surface area (Å²) in [6.45, 7) is 0. The first-order valence-corrected chi connectivity index (χ1v) is 22.8. The SMILES string of the molecule is c1ccc(N(c2ccc3c(c2)C2(c4ccccc4-c4ccccc42)c2cc4ccccc4cc2-3)c2ccc3c(c2)C2(c4ccccc4-c4ccccc42)c2ccc4ccccc4c2-3)cc1. The van der Waals surface area contributed by atoms with Crippen LogP contribution in [-0.2, 0) is 10.8 Å². The van der Waals surface area contributed by atoms with Crippen molar-refractivity contribution < 1.29 is 0 Å². The van der Waals surface area contributed by atoms with E-state index in [4.69, 9.17) is 0 Å². The van der Waals surface area contributed by atoms with Crippen LogP contribution in [0.3, 0.4) is 0 Å². The van der Waals surface area contributed by atoms with Crippen molar-refractivity contribution in [3.8, 4) is 44.5 Å². The lowest BCUT2D eigenvalue weighted by molar-refractivity contribution is 0.793. The number of hydrogen-bond acceptors (Lipinski definition) is 1. The number of anilines is 3. The molecule has 0 unspecified atom stereocenters. The van der Waals surface area contributed by atoms with Gasteiger partial charge in [0.15, 0.2) is 0 Å². The minimum absolute atomic E-state index is 0.483. The smallest absolute Gasteiger partial charge is 0.0726 e. The lowest BCUT2D eigenvalue weighted by Gasteiger charge is -2.33. The maximum atomic E-state index is 2.53. The fourth-order valence-corrected chi connectivity index (χ4v) is 13.0. The van der Waals surface area contributed by atoms with Crippen molar-refractivity contribution in [3.05, 3.63) is 281 Å². The Labute approximate surface area is 378 Å². The first-order valence-electron chi connectivity index (χ1n) is 22.8. The molecule has 1 nitrogen and oxygen atoms in total. The molecule has 0 aliphatic heterocycles. The average Bonchev–Trinajstić information content (AvgIpc) is 4.05. The third-order valence-corrected chi connectivity index (χ3v) is 15.4. The maximum Gasteiger partial charge on any atom is 0.0726 e. The summed E-state index contributed by atoms with van der Waals surface area (Å²) in [6.07, 6.45) is 0. The zero-order chi connectivity index (χ0) is 42.4. The van der Waals surface area contributed by atoms with Crippen LogP contribution in [0.2, 0.25) is 0 Å². The van der Waals surface area contributed by atoms with Crippen LogP contribution < -0.4 is 4.90 Å². The highest BCUT2D eigenvalue weighted by Crippen LogP contribution is 2.66. The number of fused-ring (bicyclic) bond motifs is 23. The Morgan fingerprint density at radius 3 is 1.26 bits per heavy atom. The van der Waals surface area contributed by atoms with Gasteiger partial charge in [-0.2, -0.15) is 0 Å². The minimum atomic E-state index is -0.484. The van der Waals surface area contributed by atoms with Crippen molar-refractivity contribution in [2.45, 2.75) is 10.8 Å². The number of para-hydroxylation sites is 1. The van der Waals surface area contributed by atoms with Crippen LogP contribution in [0.4, 0.5) is 17.1 Å². The zero-order valence-electron chi connectivity index (χ0n) is 35.5. The molecule has 300 valence electrons. The molecule has 11 aromatic rings. The van der Waals surface area contributed by atoms with E-state index < -0.39 is 10.8 Å². The Morgan fingerprint density at radius 1 is 0.231 bits per heavy atom. The molecular formula is C64H39N. The quantitative estimate of drug-likeness (QED) is 0.172. The molecule has 0 radical (unpaired) electrons. The molecule has 0 saturated carbocycles. The molecule has 0 aromatic heterocycles. The van der Waals surface area contributed by atoms with Gasteiger partial charge in [-0.15, -0.1) is 0 Å². The molecule has 4 aliphatic rings. The second kappa shape index (κ2) is 12.7. The van der Waals surface area contributed by atoms with E-state index in [-0.39, 0.29) is 0 Å². The number of hydrogen-bond donors (Lipinski definition) is 0. The van der Waals surface area contributed by atoms with Crippen molar-refractivity contribution in [1.82, 2.24) is 0 Å². The van der Waals surface area contributed by atoms with Gasteiger partial charge in [-0.1, -0.05) is 188 Å². The molecule has 0 amide bonds. The highest BCUT2D eigenvalue weighted by Gasteiger charge is 2.54. The van der Waals surface area contributed by atoms with E-state index in [9.17, 15) is 0 Å². The Kier molecular flexibility index (Phi) is 6.88. The first kappa shape index (κ1) is 35.2. The van der Waals surface area contributed by atoms with E-state index >= 15 is 0 Å². The van der Waals surface area contributed by atoms with Crippen LogP contribution in [0.5, 0.6) is 0 Å². The van der Waals surface area contributed by atoms with Gasteiger partial charge >= 0.3 is 0 Å². The molecule has 65 heavy (non-hydrogen) atoms. The fraction of sp³-hybridized carbons (Fsp3) is 0.0312. The highest BCUT2D eigenvalue weighted by atomic mass is 15.1. The van der Waals surface area contributed by atoms with Crippen molar-refractivity contribution in [1.29, 1.82) is 0 Å². The summed E-state index contributed by atoms with van der Waals surface area (Å²) in [5, 5.41) is 5.09. The molecule has 0 heterocycles. The van der Waals surface area contributed by atoms with Gasteiger partial charge in [-0.05, 0) is 159 Å². The monoisotopic (exact) mass is 821 g/mol. The van der Waals surface area contributed by atoms with E-state index in [1.54, 1.807) is 0 Å².